The van der Waals surface area contributed by atoms with E-state index in [1.807, 2.05) is 6.07 Å². The first-order valence-corrected chi connectivity index (χ1v) is 13.1. The van der Waals surface area contributed by atoms with Crippen LogP contribution in [0.2, 0.25) is 0 Å². The van der Waals surface area contributed by atoms with Crippen LogP contribution in [-0.4, -0.2) is 51.2 Å². The standard InChI is InChI=1S/C27H32N6O4/c1-16-5-8-21(18-7-6-17-9-11-36-22(17)12-18)32(14-16)27(35)26(34)30-20-13-29-25(28)19-15-33(31-24(19)20)23-4-2-3-10-37-23/h6-7,12-13,15-16,21,23H,2-5,8-11,14H2,1H3,(H2,28,29)(H,30,34)/t16-,21+,23?/m0/s1. The largest absolute Gasteiger partial charge is 0.493 e. The van der Waals surface area contributed by atoms with E-state index in [-0.39, 0.29) is 12.3 Å². The van der Waals surface area contributed by atoms with E-state index < -0.39 is 11.8 Å². The maximum atomic E-state index is 13.5. The van der Waals surface area contributed by atoms with Crippen molar-refractivity contribution in [3.8, 4) is 5.75 Å². The molecule has 3 N–H and O–H groups in total. The Morgan fingerprint density at radius 1 is 1.16 bits per heavy atom. The van der Waals surface area contributed by atoms with Gasteiger partial charge < -0.3 is 25.4 Å². The monoisotopic (exact) mass is 504 g/mol. The van der Waals surface area contributed by atoms with Gasteiger partial charge in [0.2, 0.25) is 0 Å². The van der Waals surface area contributed by atoms with Crippen molar-refractivity contribution in [3.05, 3.63) is 41.7 Å². The van der Waals surface area contributed by atoms with Crippen molar-refractivity contribution >= 4 is 34.2 Å². The molecule has 3 atom stereocenters. The Morgan fingerprint density at radius 3 is 2.89 bits per heavy atom. The number of hydrogen-bond acceptors (Lipinski definition) is 7. The van der Waals surface area contributed by atoms with Gasteiger partial charge in [-0.1, -0.05) is 19.1 Å². The summed E-state index contributed by atoms with van der Waals surface area (Å²) in [5.41, 5.74) is 9.13. The first-order valence-electron chi connectivity index (χ1n) is 13.1. The predicted molar refractivity (Wildman–Crippen MR) is 138 cm³/mol. The highest BCUT2D eigenvalue weighted by Gasteiger charge is 2.35. The number of pyridine rings is 1. The molecule has 0 bridgehead atoms. The highest BCUT2D eigenvalue weighted by Crippen LogP contribution is 2.37. The number of likely N-dealkylation sites (tertiary alicyclic amines) is 1. The summed E-state index contributed by atoms with van der Waals surface area (Å²) in [5.74, 6) is 0.201. The third kappa shape index (κ3) is 4.50. The third-order valence-corrected chi connectivity index (χ3v) is 7.67. The van der Waals surface area contributed by atoms with Crippen molar-refractivity contribution in [1.82, 2.24) is 19.7 Å². The van der Waals surface area contributed by atoms with Crippen LogP contribution in [0, 0.1) is 5.92 Å². The molecule has 2 amide bonds. The molecule has 0 radical (unpaired) electrons. The zero-order chi connectivity index (χ0) is 25.5. The number of hydrogen-bond donors (Lipinski definition) is 2. The van der Waals surface area contributed by atoms with Crippen LogP contribution in [0.1, 0.15) is 62.4 Å². The number of ether oxygens (including phenoxy) is 2. The van der Waals surface area contributed by atoms with Gasteiger partial charge >= 0.3 is 11.8 Å². The number of carbonyl (C=O) groups excluding carboxylic acids is 2. The number of nitrogens with one attached hydrogen (secondary N) is 1. The molecule has 0 saturated carbocycles. The van der Waals surface area contributed by atoms with E-state index in [4.69, 9.17) is 15.2 Å². The molecule has 2 fully saturated rings. The fourth-order valence-electron chi connectivity index (χ4n) is 5.63. The van der Waals surface area contributed by atoms with E-state index >= 15 is 0 Å². The van der Waals surface area contributed by atoms with Crippen molar-refractivity contribution < 1.29 is 19.1 Å². The van der Waals surface area contributed by atoms with E-state index in [9.17, 15) is 9.59 Å². The summed E-state index contributed by atoms with van der Waals surface area (Å²) in [6, 6.07) is 5.96. The molecule has 2 saturated heterocycles. The number of nitrogens with two attached hydrogens (primary N) is 1. The molecule has 10 heteroatoms. The first kappa shape index (κ1) is 23.7. The number of amides is 2. The molecule has 0 aliphatic carbocycles. The molecular formula is C27H32N6O4. The highest BCUT2D eigenvalue weighted by molar-refractivity contribution is 6.40. The lowest BCUT2D eigenvalue weighted by atomic mass is 9.89. The van der Waals surface area contributed by atoms with Gasteiger partial charge in [-0.2, -0.15) is 5.10 Å². The summed E-state index contributed by atoms with van der Waals surface area (Å²) in [6.45, 7) is 3.97. The zero-order valence-electron chi connectivity index (χ0n) is 21.0. The van der Waals surface area contributed by atoms with Gasteiger partial charge in [0.15, 0.2) is 0 Å². The Kier molecular flexibility index (Phi) is 6.19. The van der Waals surface area contributed by atoms with Gasteiger partial charge in [0, 0.05) is 25.8 Å². The molecule has 3 aromatic rings. The van der Waals surface area contributed by atoms with E-state index in [1.165, 1.54) is 11.8 Å². The van der Waals surface area contributed by atoms with Crippen LogP contribution in [-0.2, 0) is 20.7 Å². The van der Waals surface area contributed by atoms with E-state index in [0.29, 0.717) is 48.1 Å². The average Bonchev–Trinajstić information content (AvgIpc) is 3.58. The number of anilines is 2. The summed E-state index contributed by atoms with van der Waals surface area (Å²) < 4.78 is 13.3. The number of benzene rings is 1. The molecular weight excluding hydrogens is 472 g/mol. The Hall–Kier alpha value is -3.66. The van der Waals surface area contributed by atoms with Gasteiger partial charge in [-0.15, -0.1) is 0 Å². The smallest absolute Gasteiger partial charge is 0.314 e. The summed E-state index contributed by atoms with van der Waals surface area (Å²) >= 11 is 0. The van der Waals surface area contributed by atoms with Crippen LogP contribution in [0.15, 0.2) is 30.6 Å². The molecule has 3 aliphatic heterocycles. The predicted octanol–water partition coefficient (Wildman–Crippen LogP) is 3.59. The summed E-state index contributed by atoms with van der Waals surface area (Å²) in [4.78, 5) is 32.7. The van der Waals surface area contributed by atoms with Gasteiger partial charge in [0.1, 0.15) is 23.3 Å². The van der Waals surface area contributed by atoms with Gasteiger partial charge in [-0.25, -0.2) is 9.67 Å². The second-order valence-corrected chi connectivity index (χ2v) is 10.3. The molecule has 10 nitrogen and oxygen atoms in total. The van der Waals surface area contributed by atoms with Crippen LogP contribution >= 0.6 is 0 Å². The minimum Gasteiger partial charge on any atom is -0.493 e. The summed E-state index contributed by atoms with van der Waals surface area (Å²) in [7, 11) is 0. The number of rotatable bonds is 3. The van der Waals surface area contributed by atoms with Crippen LogP contribution in [0.4, 0.5) is 11.5 Å². The SMILES string of the molecule is C[C@H]1CC[C@H](c2ccc3c(c2)OCC3)N(C(=O)C(=O)Nc2cnc(N)c3cn(C4CCCCO4)nc23)C1. The van der Waals surface area contributed by atoms with Gasteiger partial charge in [-0.3, -0.25) is 9.59 Å². The van der Waals surface area contributed by atoms with Crippen LogP contribution in [0.25, 0.3) is 10.9 Å². The Bertz CT molecular complexity index is 1350. The number of aromatic nitrogens is 3. The van der Waals surface area contributed by atoms with Crippen molar-refractivity contribution in [1.29, 1.82) is 0 Å². The normalized spacial score (nSPS) is 23.5. The highest BCUT2D eigenvalue weighted by atomic mass is 16.5. The molecule has 1 unspecified atom stereocenters. The second kappa shape index (κ2) is 9.66. The molecule has 37 heavy (non-hydrogen) atoms. The van der Waals surface area contributed by atoms with E-state index in [2.05, 4.69) is 34.5 Å². The molecule has 194 valence electrons. The number of piperidine rings is 1. The summed E-state index contributed by atoms with van der Waals surface area (Å²) in [6.07, 6.45) is 8.67. The quantitative estimate of drug-likeness (QED) is 0.522. The lowest BCUT2D eigenvalue weighted by Crippen LogP contribution is -2.46. The average molecular weight is 505 g/mol. The van der Waals surface area contributed by atoms with Crippen molar-refractivity contribution in [2.75, 3.05) is 30.8 Å². The van der Waals surface area contributed by atoms with E-state index in [0.717, 1.165) is 49.8 Å². The van der Waals surface area contributed by atoms with Crippen LogP contribution < -0.4 is 15.8 Å². The zero-order valence-corrected chi connectivity index (χ0v) is 21.0. The van der Waals surface area contributed by atoms with Crippen molar-refractivity contribution in [2.45, 2.75) is 57.7 Å². The molecule has 2 aromatic heterocycles. The minimum absolute atomic E-state index is 0.183. The lowest BCUT2D eigenvalue weighted by Gasteiger charge is -2.38. The number of fused-ring (bicyclic) bond motifs is 2. The molecule has 1 aromatic carbocycles. The summed E-state index contributed by atoms with van der Waals surface area (Å²) in [5, 5.41) is 8.03. The van der Waals surface area contributed by atoms with Crippen molar-refractivity contribution in [2.24, 2.45) is 5.92 Å². The number of nitrogens with zero attached hydrogens (tertiary/aromatic N) is 4. The topological polar surface area (TPSA) is 125 Å². The Labute approximate surface area is 215 Å². The van der Waals surface area contributed by atoms with Gasteiger partial charge in [0.05, 0.1) is 29.9 Å². The molecule has 6 rings (SSSR count). The van der Waals surface area contributed by atoms with Crippen LogP contribution in [0.5, 0.6) is 5.75 Å². The van der Waals surface area contributed by atoms with Gasteiger partial charge in [0.25, 0.3) is 0 Å². The third-order valence-electron chi connectivity index (χ3n) is 7.67. The maximum absolute atomic E-state index is 13.5. The van der Waals surface area contributed by atoms with E-state index in [1.54, 1.807) is 15.8 Å². The first-order chi connectivity index (χ1) is 18.0. The lowest BCUT2D eigenvalue weighted by molar-refractivity contribution is -0.146. The Balaban J connectivity index is 1.25. The second-order valence-electron chi connectivity index (χ2n) is 10.3. The fraction of sp³-hybridized carbons (Fsp3) is 0.481. The van der Waals surface area contributed by atoms with Gasteiger partial charge in [-0.05, 0) is 55.2 Å². The molecule has 3 aliphatic rings. The minimum atomic E-state index is -0.715. The Morgan fingerprint density at radius 2 is 2.05 bits per heavy atom. The molecule has 5 heterocycles. The fourth-order valence-corrected chi connectivity index (χ4v) is 5.63. The molecule has 0 spiro atoms. The van der Waals surface area contributed by atoms with Crippen LogP contribution in [0.3, 0.4) is 0 Å². The number of nitrogen functional groups attached to an aromatic ring is 1. The maximum Gasteiger partial charge on any atom is 0.314 e. The van der Waals surface area contributed by atoms with Crippen molar-refractivity contribution in [3.63, 3.8) is 0 Å². The number of carbonyl (C=O) groups is 2.